The van der Waals surface area contributed by atoms with Gasteiger partial charge in [0.25, 0.3) is 0 Å². The van der Waals surface area contributed by atoms with Gasteiger partial charge in [0.2, 0.25) is 11.2 Å². The van der Waals surface area contributed by atoms with E-state index in [4.69, 9.17) is 18.6 Å². The van der Waals surface area contributed by atoms with Crippen LogP contribution < -0.4 is 19.6 Å². The zero-order valence-corrected chi connectivity index (χ0v) is 17.6. The van der Waals surface area contributed by atoms with Crippen molar-refractivity contribution in [2.45, 2.75) is 20.5 Å². The molecule has 0 aliphatic carbocycles. The molecule has 0 saturated heterocycles. The van der Waals surface area contributed by atoms with Gasteiger partial charge in [-0.3, -0.25) is 4.79 Å². The summed E-state index contributed by atoms with van der Waals surface area (Å²) < 4.78 is 23.7. The molecule has 0 unspecified atom stereocenters. The number of hydrogen-bond acceptors (Lipinski definition) is 5. The average molecular weight is 416 g/mol. The second-order valence-electron chi connectivity index (χ2n) is 6.89. The van der Waals surface area contributed by atoms with E-state index in [1.165, 1.54) is 0 Å². The summed E-state index contributed by atoms with van der Waals surface area (Å²) in [5.41, 5.74) is 1.93. The third-order valence-electron chi connectivity index (χ3n) is 4.76. The van der Waals surface area contributed by atoms with Gasteiger partial charge in [-0.2, -0.15) is 0 Å². The first-order valence-electron chi connectivity index (χ1n) is 10.3. The quantitative estimate of drug-likeness (QED) is 0.361. The van der Waals surface area contributed by atoms with E-state index in [1.54, 1.807) is 12.1 Å². The van der Waals surface area contributed by atoms with Crippen molar-refractivity contribution in [2.75, 3.05) is 13.2 Å². The van der Waals surface area contributed by atoms with Crippen molar-refractivity contribution in [3.05, 3.63) is 88.6 Å². The minimum absolute atomic E-state index is 0.181. The van der Waals surface area contributed by atoms with Crippen molar-refractivity contribution in [2.24, 2.45) is 0 Å². The first kappa shape index (κ1) is 20.5. The summed E-state index contributed by atoms with van der Waals surface area (Å²) in [4.78, 5) is 13.4. The molecule has 4 aromatic rings. The Morgan fingerprint density at radius 3 is 2.16 bits per heavy atom. The van der Waals surface area contributed by atoms with E-state index in [9.17, 15) is 4.79 Å². The molecule has 1 aromatic heterocycles. The fourth-order valence-electron chi connectivity index (χ4n) is 3.39. The normalized spacial score (nSPS) is 10.8. The molecule has 4 rings (SSSR count). The first-order chi connectivity index (χ1) is 15.2. The van der Waals surface area contributed by atoms with E-state index in [0.29, 0.717) is 48.0 Å². The van der Waals surface area contributed by atoms with Gasteiger partial charge in [-0.25, -0.2) is 0 Å². The van der Waals surface area contributed by atoms with Gasteiger partial charge in [-0.15, -0.1) is 0 Å². The van der Waals surface area contributed by atoms with Crippen molar-refractivity contribution in [3.63, 3.8) is 0 Å². The molecule has 0 saturated carbocycles. The summed E-state index contributed by atoms with van der Waals surface area (Å²) in [6.45, 7) is 4.85. The van der Waals surface area contributed by atoms with Crippen LogP contribution in [0.5, 0.6) is 17.2 Å². The summed E-state index contributed by atoms with van der Waals surface area (Å²) in [6.07, 6.45) is 0. The highest BCUT2D eigenvalue weighted by Crippen LogP contribution is 2.36. The molecule has 0 aliphatic heterocycles. The lowest BCUT2D eigenvalue weighted by Crippen LogP contribution is -2.11. The van der Waals surface area contributed by atoms with Crippen LogP contribution in [0.25, 0.3) is 22.3 Å². The zero-order valence-electron chi connectivity index (χ0n) is 17.6. The highest BCUT2D eigenvalue weighted by atomic mass is 16.5. The third-order valence-corrected chi connectivity index (χ3v) is 4.76. The molecule has 0 radical (unpaired) electrons. The van der Waals surface area contributed by atoms with Crippen LogP contribution in [0.3, 0.4) is 0 Å². The third kappa shape index (κ3) is 4.40. The van der Waals surface area contributed by atoms with Crippen LogP contribution in [0.15, 0.2) is 82.0 Å². The smallest absolute Gasteiger partial charge is 0.239 e. The SMILES string of the molecule is CCOc1c(-c2ccccc2)oc2cc(OCc3ccccc3)cc(OCC)c2c1=O. The van der Waals surface area contributed by atoms with Gasteiger partial charge >= 0.3 is 0 Å². The van der Waals surface area contributed by atoms with Gasteiger partial charge in [0.05, 0.1) is 13.2 Å². The van der Waals surface area contributed by atoms with E-state index in [0.717, 1.165) is 11.1 Å². The predicted molar refractivity (Wildman–Crippen MR) is 121 cm³/mol. The fourth-order valence-corrected chi connectivity index (χ4v) is 3.39. The minimum atomic E-state index is -0.264. The van der Waals surface area contributed by atoms with E-state index in [2.05, 4.69) is 0 Å². The van der Waals surface area contributed by atoms with Crippen molar-refractivity contribution in [3.8, 4) is 28.6 Å². The van der Waals surface area contributed by atoms with Gasteiger partial charge in [0.15, 0.2) is 5.76 Å². The maximum absolute atomic E-state index is 13.4. The highest BCUT2D eigenvalue weighted by molar-refractivity contribution is 5.88. The van der Waals surface area contributed by atoms with E-state index >= 15 is 0 Å². The molecule has 31 heavy (non-hydrogen) atoms. The maximum atomic E-state index is 13.4. The summed E-state index contributed by atoms with van der Waals surface area (Å²) in [5, 5.41) is 0.344. The Morgan fingerprint density at radius 1 is 0.806 bits per heavy atom. The maximum Gasteiger partial charge on any atom is 0.239 e. The summed E-state index contributed by atoms with van der Waals surface area (Å²) in [7, 11) is 0. The van der Waals surface area contributed by atoms with E-state index in [-0.39, 0.29) is 11.2 Å². The van der Waals surface area contributed by atoms with Crippen molar-refractivity contribution in [1.29, 1.82) is 0 Å². The van der Waals surface area contributed by atoms with Gasteiger partial charge in [-0.1, -0.05) is 60.7 Å². The van der Waals surface area contributed by atoms with Crippen LogP contribution in [0.4, 0.5) is 0 Å². The molecule has 158 valence electrons. The van der Waals surface area contributed by atoms with Crippen LogP contribution in [-0.2, 0) is 6.61 Å². The molecule has 0 spiro atoms. The molecule has 0 aliphatic rings. The number of benzene rings is 3. The fraction of sp³-hybridized carbons (Fsp3) is 0.192. The molecule has 0 amide bonds. The molecular weight excluding hydrogens is 392 g/mol. The molecule has 0 N–H and O–H groups in total. The van der Waals surface area contributed by atoms with Gasteiger partial charge in [-0.05, 0) is 19.4 Å². The molecule has 5 heteroatoms. The Morgan fingerprint density at radius 2 is 1.48 bits per heavy atom. The Kier molecular flexibility index (Phi) is 6.22. The van der Waals surface area contributed by atoms with Crippen LogP contribution in [-0.4, -0.2) is 13.2 Å². The number of rotatable bonds is 8. The van der Waals surface area contributed by atoms with Crippen LogP contribution >= 0.6 is 0 Å². The molecule has 5 nitrogen and oxygen atoms in total. The minimum Gasteiger partial charge on any atom is -0.493 e. The monoisotopic (exact) mass is 416 g/mol. The van der Waals surface area contributed by atoms with Crippen molar-refractivity contribution >= 4 is 11.0 Å². The van der Waals surface area contributed by atoms with Gasteiger partial charge in [0.1, 0.15) is 29.1 Å². The molecule has 0 bridgehead atoms. The second kappa shape index (κ2) is 9.39. The van der Waals surface area contributed by atoms with Gasteiger partial charge in [0, 0.05) is 17.7 Å². The lowest BCUT2D eigenvalue weighted by molar-refractivity contribution is 0.299. The molecule has 0 atom stereocenters. The van der Waals surface area contributed by atoms with Crippen LogP contribution in [0, 0.1) is 0 Å². The highest BCUT2D eigenvalue weighted by Gasteiger charge is 2.21. The van der Waals surface area contributed by atoms with E-state index < -0.39 is 0 Å². The average Bonchev–Trinajstić information content (AvgIpc) is 2.80. The number of ether oxygens (including phenoxy) is 3. The Labute approximate surface area is 180 Å². The number of hydrogen-bond donors (Lipinski definition) is 0. The molecular formula is C26H24O5. The summed E-state index contributed by atoms with van der Waals surface area (Å²) in [5.74, 6) is 1.55. The lowest BCUT2D eigenvalue weighted by atomic mass is 10.1. The number of fused-ring (bicyclic) bond motifs is 1. The summed E-state index contributed by atoms with van der Waals surface area (Å²) >= 11 is 0. The van der Waals surface area contributed by atoms with Crippen LogP contribution in [0.2, 0.25) is 0 Å². The Hall–Kier alpha value is -3.73. The largest absolute Gasteiger partial charge is 0.493 e. The van der Waals surface area contributed by atoms with Crippen molar-refractivity contribution < 1.29 is 18.6 Å². The predicted octanol–water partition coefficient (Wildman–Crippen LogP) is 5.84. The summed E-state index contributed by atoms with van der Waals surface area (Å²) in [6, 6.07) is 22.8. The van der Waals surface area contributed by atoms with Crippen molar-refractivity contribution in [1.82, 2.24) is 0 Å². The van der Waals surface area contributed by atoms with E-state index in [1.807, 2.05) is 74.5 Å². The Bertz CT molecular complexity index is 1210. The molecule has 3 aromatic carbocycles. The second-order valence-corrected chi connectivity index (χ2v) is 6.89. The lowest BCUT2D eigenvalue weighted by Gasteiger charge is -2.14. The first-order valence-corrected chi connectivity index (χ1v) is 10.3. The van der Waals surface area contributed by atoms with Gasteiger partial charge < -0.3 is 18.6 Å². The molecule has 0 fully saturated rings. The topological polar surface area (TPSA) is 57.9 Å². The Balaban J connectivity index is 1.86. The zero-order chi connectivity index (χ0) is 21.6. The standard InChI is InChI=1S/C26H24O5/c1-3-28-21-15-20(30-17-18-11-7-5-8-12-18)16-22-23(21)24(27)26(29-4-2)25(31-22)19-13-9-6-10-14-19/h5-16H,3-4,17H2,1-2H3. The van der Waals surface area contributed by atoms with Crippen LogP contribution in [0.1, 0.15) is 19.4 Å². The molecule has 1 heterocycles.